The molecular formula is C24H23NO4S. The van der Waals surface area contributed by atoms with E-state index in [4.69, 9.17) is 4.74 Å². The molecule has 6 heteroatoms. The topological polar surface area (TPSA) is 63.7 Å². The maximum Gasteiger partial charge on any atom is 0.265 e. The third-order valence-electron chi connectivity index (χ3n) is 5.20. The Balaban J connectivity index is 1.46. The summed E-state index contributed by atoms with van der Waals surface area (Å²) in [6, 6.07) is 26.4. The van der Waals surface area contributed by atoms with Crippen molar-refractivity contribution in [3.8, 4) is 16.9 Å². The quantitative estimate of drug-likeness (QED) is 0.605. The summed E-state index contributed by atoms with van der Waals surface area (Å²) in [5.74, 6) is 0.431. The van der Waals surface area contributed by atoms with Crippen LogP contribution in [0.4, 0.5) is 5.69 Å². The average molecular weight is 422 g/mol. The summed E-state index contributed by atoms with van der Waals surface area (Å²) in [6.45, 7) is -0.157. The molecule has 1 fully saturated rings. The van der Waals surface area contributed by atoms with Crippen molar-refractivity contribution in [2.24, 2.45) is 0 Å². The summed E-state index contributed by atoms with van der Waals surface area (Å²) >= 11 is 0. The predicted molar refractivity (Wildman–Crippen MR) is 118 cm³/mol. The molecule has 0 aromatic heterocycles. The standard InChI is InChI=1S/C24H23NO4S/c26-24(17-29-23-13-11-20(12-14-23)19-7-3-1-4-8-19)25(21-9-5-2-6-10-21)22-15-16-30(27,28)18-22/h1-14,22H,15-18H2/t22-/m0/s1. The van der Waals surface area contributed by atoms with Gasteiger partial charge in [-0.15, -0.1) is 0 Å². The van der Waals surface area contributed by atoms with Crippen molar-refractivity contribution in [2.45, 2.75) is 12.5 Å². The van der Waals surface area contributed by atoms with Crippen molar-refractivity contribution < 1.29 is 17.9 Å². The molecule has 30 heavy (non-hydrogen) atoms. The molecule has 154 valence electrons. The summed E-state index contributed by atoms with van der Waals surface area (Å²) in [4.78, 5) is 14.6. The Bertz CT molecular complexity index is 1100. The van der Waals surface area contributed by atoms with Crippen molar-refractivity contribution >= 4 is 21.4 Å². The molecule has 0 radical (unpaired) electrons. The molecule has 0 N–H and O–H groups in total. The Hall–Kier alpha value is -3.12. The van der Waals surface area contributed by atoms with Crippen LogP contribution in [-0.2, 0) is 14.6 Å². The van der Waals surface area contributed by atoms with Crippen LogP contribution in [0, 0.1) is 0 Å². The monoisotopic (exact) mass is 421 g/mol. The van der Waals surface area contributed by atoms with Crippen LogP contribution in [0.2, 0.25) is 0 Å². The largest absolute Gasteiger partial charge is 0.484 e. The summed E-state index contributed by atoms with van der Waals surface area (Å²) in [5, 5.41) is 0. The predicted octanol–water partition coefficient (Wildman–Crippen LogP) is 3.95. The summed E-state index contributed by atoms with van der Waals surface area (Å²) in [7, 11) is -3.11. The molecule has 3 aromatic rings. The fraction of sp³-hybridized carbons (Fsp3) is 0.208. The van der Waals surface area contributed by atoms with E-state index < -0.39 is 9.84 Å². The molecule has 0 bridgehead atoms. The van der Waals surface area contributed by atoms with Gasteiger partial charge in [0, 0.05) is 5.69 Å². The number of ether oxygens (including phenoxy) is 1. The van der Waals surface area contributed by atoms with Crippen LogP contribution in [-0.4, -0.2) is 38.5 Å². The molecule has 5 nitrogen and oxygen atoms in total. The normalized spacial score (nSPS) is 17.4. The van der Waals surface area contributed by atoms with E-state index in [2.05, 4.69) is 0 Å². The molecule has 1 atom stereocenters. The van der Waals surface area contributed by atoms with Gasteiger partial charge in [0.1, 0.15) is 5.75 Å². The van der Waals surface area contributed by atoms with Gasteiger partial charge in [-0.25, -0.2) is 8.42 Å². The number of hydrogen-bond donors (Lipinski definition) is 0. The smallest absolute Gasteiger partial charge is 0.265 e. The lowest BCUT2D eigenvalue weighted by Crippen LogP contribution is -2.43. The van der Waals surface area contributed by atoms with E-state index in [-0.39, 0.29) is 30.1 Å². The van der Waals surface area contributed by atoms with E-state index in [9.17, 15) is 13.2 Å². The van der Waals surface area contributed by atoms with Crippen molar-refractivity contribution in [1.82, 2.24) is 0 Å². The van der Waals surface area contributed by atoms with Gasteiger partial charge in [-0.1, -0.05) is 60.7 Å². The van der Waals surface area contributed by atoms with Gasteiger partial charge in [-0.3, -0.25) is 4.79 Å². The molecule has 1 amide bonds. The molecule has 1 aliphatic rings. The van der Waals surface area contributed by atoms with Crippen LogP contribution in [0.5, 0.6) is 5.75 Å². The lowest BCUT2D eigenvalue weighted by Gasteiger charge is -2.28. The number of nitrogens with zero attached hydrogens (tertiary/aromatic N) is 1. The third kappa shape index (κ3) is 4.71. The van der Waals surface area contributed by atoms with Crippen LogP contribution >= 0.6 is 0 Å². The Morgan fingerprint density at radius 1 is 0.867 bits per heavy atom. The maximum atomic E-state index is 13.0. The number of sulfone groups is 1. The number of hydrogen-bond acceptors (Lipinski definition) is 4. The SMILES string of the molecule is O=C(COc1ccc(-c2ccccc2)cc1)N(c1ccccc1)[C@H]1CCS(=O)(=O)C1. The van der Waals surface area contributed by atoms with Crippen LogP contribution in [0.1, 0.15) is 6.42 Å². The number of benzene rings is 3. The Morgan fingerprint density at radius 2 is 1.47 bits per heavy atom. The minimum absolute atomic E-state index is 0.0145. The highest BCUT2D eigenvalue weighted by molar-refractivity contribution is 7.91. The maximum absolute atomic E-state index is 13.0. The van der Waals surface area contributed by atoms with Crippen molar-refractivity contribution in [2.75, 3.05) is 23.0 Å². The fourth-order valence-corrected chi connectivity index (χ4v) is 5.41. The van der Waals surface area contributed by atoms with Crippen LogP contribution in [0.25, 0.3) is 11.1 Å². The highest BCUT2D eigenvalue weighted by Crippen LogP contribution is 2.26. The summed E-state index contributed by atoms with van der Waals surface area (Å²) in [5.41, 5.74) is 2.86. The van der Waals surface area contributed by atoms with Gasteiger partial charge < -0.3 is 9.64 Å². The van der Waals surface area contributed by atoms with Gasteiger partial charge in [0.25, 0.3) is 5.91 Å². The molecule has 0 aliphatic carbocycles. The second-order valence-electron chi connectivity index (χ2n) is 7.34. The number of carbonyl (C=O) groups excluding carboxylic acids is 1. The zero-order valence-electron chi connectivity index (χ0n) is 16.5. The molecule has 1 saturated heterocycles. The molecule has 0 saturated carbocycles. The van der Waals surface area contributed by atoms with Crippen LogP contribution < -0.4 is 9.64 Å². The molecule has 1 aliphatic heterocycles. The van der Waals surface area contributed by atoms with E-state index >= 15 is 0 Å². The fourth-order valence-electron chi connectivity index (χ4n) is 3.71. The molecule has 0 spiro atoms. The number of amides is 1. The highest BCUT2D eigenvalue weighted by atomic mass is 32.2. The molecule has 0 unspecified atom stereocenters. The molecule has 4 rings (SSSR count). The Labute approximate surface area is 176 Å². The number of rotatable bonds is 6. The van der Waals surface area contributed by atoms with Crippen LogP contribution in [0.3, 0.4) is 0 Å². The lowest BCUT2D eigenvalue weighted by molar-refractivity contribution is -0.121. The highest BCUT2D eigenvalue weighted by Gasteiger charge is 2.35. The zero-order chi connectivity index (χ0) is 21.0. The van der Waals surface area contributed by atoms with E-state index in [0.717, 1.165) is 11.1 Å². The van der Waals surface area contributed by atoms with E-state index in [0.29, 0.717) is 17.9 Å². The van der Waals surface area contributed by atoms with Crippen molar-refractivity contribution in [1.29, 1.82) is 0 Å². The molecular weight excluding hydrogens is 398 g/mol. The zero-order valence-corrected chi connectivity index (χ0v) is 17.3. The van der Waals surface area contributed by atoms with Crippen molar-refractivity contribution in [3.05, 3.63) is 84.9 Å². The third-order valence-corrected chi connectivity index (χ3v) is 6.95. The van der Waals surface area contributed by atoms with Crippen LogP contribution in [0.15, 0.2) is 84.9 Å². The first-order chi connectivity index (χ1) is 14.5. The van der Waals surface area contributed by atoms with Gasteiger partial charge in [-0.2, -0.15) is 0 Å². The summed E-state index contributed by atoms with van der Waals surface area (Å²) < 4.78 is 29.6. The first kappa shape index (κ1) is 20.2. The summed E-state index contributed by atoms with van der Waals surface area (Å²) in [6.07, 6.45) is 0.439. The van der Waals surface area contributed by atoms with Gasteiger partial charge in [0.2, 0.25) is 0 Å². The van der Waals surface area contributed by atoms with E-state index in [1.807, 2.05) is 84.9 Å². The second-order valence-corrected chi connectivity index (χ2v) is 9.56. The van der Waals surface area contributed by atoms with Gasteiger partial charge in [-0.05, 0) is 41.8 Å². The van der Waals surface area contributed by atoms with Gasteiger partial charge in [0.05, 0.1) is 17.5 Å². The van der Waals surface area contributed by atoms with Gasteiger partial charge in [0.15, 0.2) is 16.4 Å². The molecule has 3 aromatic carbocycles. The first-order valence-corrected chi connectivity index (χ1v) is 11.7. The number of anilines is 1. The average Bonchev–Trinajstić information content (AvgIpc) is 3.13. The lowest BCUT2D eigenvalue weighted by atomic mass is 10.1. The minimum Gasteiger partial charge on any atom is -0.484 e. The minimum atomic E-state index is -3.11. The van der Waals surface area contributed by atoms with E-state index in [1.165, 1.54) is 0 Å². The number of para-hydroxylation sites is 1. The Kier molecular flexibility index (Phi) is 5.86. The molecule has 1 heterocycles. The van der Waals surface area contributed by atoms with E-state index in [1.54, 1.807) is 4.90 Å². The first-order valence-electron chi connectivity index (χ1n) is 9.88. The van der Waals surface area contributed by atoms with Gasteiger partial charge >= 0.3 is 0 Å². The Morgan fingerprint density at radius 3 is 2.07 bits per heavy atom. The second kappa shape index (κ2) is 8.71. The number of carbonyl (C=O) groups is 1. The van der Waals surface area contributed by atoms with Crippen molar-refractivity contribution in [3.63, 3.8) is 0 Å².